The van der Waals surface area contributed by atoms with Crippen molar-refractivity contribution in [3.05, 3.63) is 34.4 Å². The third kappa shape index (κ3) is 2.02. The number of aromatic amines is 1. The summed E-state index contributed by atoms with van der Waals surface area (Å²) in [6, 6.07) is 8.25. The molecule has 0 spiro atoms. The number of hydrogen-bond donors (Lipinski definition) is 2. The molecule has 0 radical (unpaired) electrons. The number of aromatic nitrogens is 1. The molecule has 14 heavy (non-hydrogen) atoms. The van der Waals surface area contributed by atoms with Gasteiger partial charge in [-0.15, -0.1) is 17.0 Å². The maximum Gasteiger partial charge on any atom is 0.0863 e. The second-order valence-corrected chi connectivity index (χ2v) is 3.79. The molecule has 0 saturated heterocycles. The monoisotopic (exact) mass is 318 g/mol. The highest BCUT2D eigenvalue weighted by Gasteiger charge is 2.06. The van der Waals surface area contributed by atoms with Crippen LogP contribution >= 0.6 is 32.9 Å². The lowest BCUT2D eigenvalue weighted by Gasteiger charge is -1.95. The van der Waals surface area contributed by atoms with Crippen LogP contribution in [0.1, 0.15) is 5.56 Å². The molecular weight excluding hydrogens is 308 g/mol. The van der Waals surface area contributed by atoms with E-state index in [1.165, 1.54) is 10.9 Å². The second kappa shape index (κ2) is 4.96. The number of para-hydroxylation sites is 1. The molecule has 0 unspecified atom stereocenters. The molecule has 1 aromatic heterocycles. The van der Waals surface area contributed by atoms with Crippen molar-refractivity contribution in [1.82, 2.24) is 4.98 Å². The molecule has 0 fully saturated rings. The summed E-state index contributed by atoms with van der Waals surface area (Å²) in [5, 5.41) is 1.26. The smallest absolute Gasteiger partial charge is 0.0863 e. The van der Waals surface area contributed by atoms with Gasteiger partial charge in [-0.2, -0.15) is 0 Å². The Kier molecular flexibility index (Phi) is 4.16. The average molecular weight is 320 g/mol. The summed E-state index contributed by atoms with van der Waals surface area (Å²) in [5.41, 5.74) is 7.99. The second-order valence-electron chi connectivity index (χ2n) is 3.00. The van der Waals surface area contributed by atoms with Gasteiger partial charge in [-0.05, 0) is 40.5 Å². The normalized spacial score (nSPS) is 10.1. The Balaban J connectivity index is 0.000000980. The number of benzene rings is 1. The number of fused-ring (bicyclic) bond motifs is 1. The van der Waals surface area contributed by atoms with Crippen LogP contribution in [0.25, 0.3) is 10.9 Å². The van der Waals surface area contributed by atoms with E-state index in [9.17, 15) is 0 Å². The molecule has 0 atom stereocenters. The molecule has 1 aromatic carbocycles. The van der Waals surface area contributed by atoms with Crippen LogP contribution < -0.4 is 5.73 Å². The van der Waals surface area contributed by atoms with Crippen molar-refractivity contribution in [2.45, 2.75) is 6.42 Å². The standard InChI is InChI=1S/C10H11BrN2.BrH/c11-10-8(5-6-12)7-3-1-2-4-9(7)13-10;/h1-4,13H,5-6,12H2;1H. The van der Waals surface area contributed by atoms with Gasteiger partial charge >= 0.3 is 0 Å². The fourth-order valence-corrected chi connectivity index (χ4v) is 2.18. The van der Waals surface area contributed by atoms with E-state index in [0.717, 1.165) is 16.5 Å². The van der Waals surface area contributed by atoms with Crippen molar-refractivity contribution in [2.75, 3.05) is 6.54 Å². The Morgan fingerprint density at radius 3 is 2.71 bits per heavy atom. The highest BCUT2D eigenvalue weighted by Crippen LogP contribution is 2.26. The number of hydrogen-bond acceptors (Lipinski definition) is 1. The molecule has 2 aromatic rings. The zero-order valence-corrected chi connectivity index (χ0v) is 10.9. The fourth-order valence-electron chi connectivity index (χ4n) is 1.56. The zero-order chi connectivity index (χ0) is 9.26. The molecule has 2 nitrogen and oxygen atoms in total. The molecule has 0 aliphatic rings. The maximum absolute atomic E-state index is 5.54. The van der Waals surface area contributed by atoms with E-state index in [1.807, 2.05) is 12.1 Å². The first-order chi connectivity index (χ1) is 6.33. The zero-order valence-electron chi connectivity index (χ0n) is 7.59. The van der Waals surface area contributed by atoms with E-state index in [0.29, 0.717) is 6.54 Å². The molecule has 0 aliphatic carbocycles. The van der Waals surface area contributed by atoms with Gasteiger partial charge in [0.1, 0.15) is 0 Å². The largest absolute Gasteiger partial charge is 0.349 e. The van der Waals surface area contributed by atoms with Gasteiger partial charge in [0.25, 0.3) is 0 Å². The summed E-state index contributed by atoms with van der Waals surface area (Å²) in [6.45, 7) is 0.681. The minimum absolute atomic E-state index is 0. The van der Waals surface area contributed by atoms with Crippen LogP contribution in [0.5, 0.6) is 0 Å². The molecule has 0 aliphatic heterocycles. The van der Waals surface area contributed by atoms with E-state index < -0.39 is 0 Å². The van der Waals surface area contributed by atoms with Crippen molar-refractivity contribution in [1.29, 1.82) is 0 Å². The van der Waals surface area contributed by atoms with Gasteiger partial charge in [0.2, 0.25) is 0 Å². The highest BCUT2D eigenvalue weighted by molar-refractivity contribution is 9.10. The van der Waals surface area contributed by atoms with Gasteiger partial charge in [0.05, 0.1) is 4.60 Å². The van der Waals surface area contributed by atoms with Crippen LogP contribution in [0, 0.1) is 0 Å². The first kappa shape index (κ1) is 11.8. The SMILES string of the molecule is Br.NCCc1c(Br)[nH]c2ccccc12. The van der Waals surface area contributed by atoms with Gasteiger partial charge in [-0.1, -0.05) is 18.2 Å². The third-order valence-electron chi connectivity index (χ3n) is 2.16. The lowest BCUT2D eigenvalue weighted by atomic mass is 10.1. The molecule has 3 N–H and O–H groups in total. The van der Waals surface area contributed by atoms with Gasteiger partial charge < -0.3 is 10.7 Å². The van der Waals surface area contributed by atoms with Crippen LogP contribution in [0.2, 0.25) is 0 Å². The highest BCUT2D eigenvalue weighted by atomic mass is 79.9. The van der Waals surface area contributed by atoms with E-state index in [2.05, 4.69) is 33.0 Å². The summed E-state index contributed by atoms with van der Waals surface area (Å²) in [6.07, 6.45) is 0.907. The van der Waals surface area contributed by atoms with Crippen molar-refractivity contribution < 1.29 is 0 Å². The molecule has 2 rings (SSSR count). The minimum Gasteiger partial charge on any atom is -0.349 e. The minimum atomic E-state index is 0. The summed E-state index contributed by atoms with van der Waals surface area (Å²) >= 11 is 3.50. The van der Waals surface area contributed by atoms with Crippen molar-refractivity contribution in [3.8, 4) is 0 Å². The Bertz CT molecular complexity index is 423. The molecule has 0 amide bonds. The van der Waals surface area contributed by atoms with E-state index in [4.69, 9.17) is 5.73 Å². The predicted octanol–water partition coefficient (Wildman–Crippen LogP) is 3.01. The summed E-state index contributed by atoms with van der Waals surface area (Å²) in [7, 11) is 0. The Labute approximate surface area is 102 Å². The summed E-state index contributed by atoms with van der Waals surface area (Å²) in [5.74, 6) is 0. The Hall–Kier alpha value is -0.320. The van der Waals surface area contributed by atoms with E-state index in [1.54, 1.807) is 0 Å². The maximum atomic E-state index is 5.54. The van der Waals surface area contributed by atoms with Crippen LogP contribution in [0.15, 0.2) is 28.9 Å². The molecule has 0 bridgehead atoms. The van der Waals surface area contributed by atoms with Crippen LogP contribution in [-0.2, 0) is 6.42 Å². The number of rotatable bonds is 2. The lowest BCUT2D eigenvalue weighted by molar-refractivity contribution is 0.970. The van der Waals surface area contributed by atoms with Crippen LogP contribution in [-0.4, -0.2) is 11.5 Å². The molecular formula is C10H12Br2N2. The molecule has 76 valence electrons. The number of nitrogens with one attached hydrogen (secondary N) is 1. The van der Waals surface area contributed by atoms with Crippen LogP contribution in [0.3, 0.4) is 0 Å². The summed E-state index contributed by atoms with van der Waals surface area (Å²) < 4.78 is 1.05. The molecule has 4 heteroatoms. The Morgan fingerprint density at radius 1 is 1.29 bits per heavy atom. The molecule has 1 heterocycles. The predicted molar refractivity (Wildman–Crippen MR) is 69.1 cm³/mol. The lowest BCUT2D eigenvalue weighted by Crippen LogP contribution is -2.02. The number of nitrogens with two attached hydrogens (primary N) is 1. The van der Waals surface area contributed by atoms with E-state index in [-0.39, 0.29) is 17.0 Å². The third-order valence-corrected chi connectivity index (χ3v) is 2.83. The first-order valence-electron chi connectivity index (χ1n) is 4.28. The summed E-state index contributed by atoms with van der Waals surface area (Å²) in [4.78, 5) is 3.27. The number of H-pyrrole nitrogens is 1. The topological polar surface area (TPSA) is 41.8 Å². The van der Waals surface area contributed by atoms with Gasteiger partial charge in [0.15, 0.2) is 0 Å². The first-order valence-corrected chi connectivity index (χ1v) is 5.07. The van der Waals surface area contributed by atoms with Gasteiger partial charge in [-0.25, -0.2) is 0 Å². The Morgan fingerprint density at radius 2 is 2.00 bits per heavy atom. The van der Waals surface area contributed by atoms with Crippen molar-refractivity contribution in [2.24, 2.45) is 5.73 Å². The molecule has 0 saturated carbocycles. The van der Waals surface area contributed by atoms with Crippen molar-refractivity contribution >= 4 is 43.8 Å². The van der Waals surface area contributed by atoms with E-state index >= 15 is 0 Å². The quantitative estimate of drug-likeness (QED) is 0.878. The fraction of sp³-hybridized carbons (Fsp3) is 0.200. The average Bonchev–Trinajstić information content (AvgIpc) is 2.44. The van der Waals surface area contributed by atoms with Crippen LogP contribution in [0.4, 0.5) is 0 Å². The van der Waals surface area contributed by atoms with Crippen molar-refractivity contribution in [3.63, 3.8) is 0 Å². The van der Waals surface area contributed by atoms with Gasteiger partial charge in [-0.3, -0.25) is 0 Å². The number of halogens is 2. The van der Waals surface area contributed by atoms with Gasteiger partial charge in [0, 0.05) is 10.9 Å².